The number of ether oxygens (including phenoxy) is 7. The summed E-state index contributed by atoms with van der Waals surface area (Å²) in [6.07, 6.45) is -2.54. The van der Waals surface area contributed by atoms with Crippen LogP contribution >= 0.6 is 0 Å². The van der Waals surface area contributed by atoms with Gasteiger partial charge in [0, 0.05) is 0 Å². The van der Waals surface area contributed by atoms with Crippen LogP contribution in [0, 0.1) is 0 Å². The zero-order chi connectivity index (χ0) is 21.8. The third-order valence-electron chi connectivity index (χ3n) is 5.18. The summed E-state index contributed by atoms with van der Waals surface area (Å²) in [5.74, 6) is -3.34. The number of rotatable bonds is 4. The van der Waals surface area contributed by atoms with Crippen molar-refractivity contribution in [2.75, 3.05) is 20.8 Å². The minimum absolute atomic E-state index is 0.171. The number of methoxy groups -OCH3 is 2. The fourth-order valence-corrected chi connectivity index (χ4v) is 4.00. The first-order valence-electron chi connectivity index (χ1n) is 9.51. The topological polar surface area (TPSA) is 129 Å². The van der Waals surface area contributed by atoms with Crippen LogP contribution in [0.2, 0.25) is 0 Å². The number of fused-ring (bicyclic) bond motifs is 1. The molecule has 0 saturated carbocycles. The molecule has 0 bridgehead atoms. The van der Waals surface area contributed by atoms with Gasteiger partial charge in [0.25, 0.3) is 0 Å². The zero-order valence-corrected chi connectivity index (χ0v) is 17.6. The maximum absolute atomic E-state index is 12.5. The van der Waals surface area contributed by atoms with Gasteiger partial charge < -0.3 is 33.2 Å². The number of esters is 2. The molecule has 3 saturated heterocycles. The van der Waals surface area contributed by atoms with Gasteiger partial charge in [-0.3, -0.25) is 0 Å². The predicted molar refractivity (Wildman–Crippen MR) is 95.3 cm³/mol. The average molecular weight is 427 g/mol. The van der Waals surface area contributed by atoms with Gasteiger partial charge in [0.15, 0.2) is 23.6 Å². The first-order valence-corrected chi connectivity index (χ1v) is 9.51. The highest BCUT2D eigenvalue weighted by molar-refractivity contribution is 6.00. The normalized spacial score (nSPS) is 34.0. The minimum Gasteiger partial charge on any atom is -0.464 e. The molecule has 12 nitrogen and oxygen atoms in total. The Bertz CT molecular complexity index is 852. The first kappa shape index (κ1) is 21.1. The Labute approximate surface area is 172 Å². The Hall–Kier alpha value is -2.12. The van der Waals surface area contributed by atoms with Gasteiger partial charge in [-0.25, -0.2) is 14.3 Å². The molecule has 4 heterocycles. The Morgan fingerprint density at radius 3 is 2.30 bits per heavy atom. The van der Waals surface area contributed by atoms with E-state index in [1.54, 1.807) is 27.7 Å². The highest BCUT2D eigenvalue weighted by atomic mass is 16.8. The lowest BCUT2D eigenvalue weighted by atomic mass is 10.0. The zero-order valence-electron chi connectivity index (χ0n) is 17.6. The maximum atomic E-state index is 12.5. The van der Waals surface area contributed by atoms with E-state index < -0.39 is 54.2 Å². The summed E-state index contributed by atoms with van der Waals surface area (Å²) in [5.41, 5.74) is -0.441. The van der Waals surface area contributed by atoms with Crippen LogP contribution in [0.15, 0.2) is 0 Å². The van der Waals surface area contributed by atoms with E-state index in [9.17, 15) is 9.59 Å². The molecule has 4 rings (SSSR count). The van der Waals surface area contributed by atoms with Crippen molar-refractivity contribution in [3.05, 3.63) is 11.4 Å². The van der Waals surface area contributed by atoms with E-state index >= 15 is 0 Å². The third kappa shape index (κ3) is 3.48. The Balaban J connectivity index is 1.77. The molecule has 12 heteroatoms. The first-order chi connectivity index (χ1) is 14.1. The molecule has 3 aliphatic rings. The van der Waals surface area contributed by atoms with Gasteiger partial charge in [-0.15, -0.1) is 5.10 Å². The van der Waals surface area contributed by atoms with Crippen LogP contribution in [0.5, 0.6) is 0 Å². The standard InChI is InChI=1S/C18H25N3O9/c1-17(2)26-7-8(28-17)12-11(13-16(27-12)30-18(3,4)29-13)21-10(15(23)25-6)9(19-20-21)14(22)24-5/h8,11-13,16H,7H2,1-6H3/t8-,11+,12-,13-,16-/m1/s1. The van der Waals surface area contributed by atoms with Crippen LogP contribution in [-0.4, -0.2) is 83.9 Å². The molecular formula is C18H25N3O9. The summed E-state index contributed by atoms with van der Waals surface area (Å²) in [6.45, 7) is 7.34. The number of carbonyl (C=O) groups excluding carboxylic acids is 2. The fourth-order valence-electron chi connectivity index (χ4n) is 4.00. The van der Waals surface area contributed by atoms with Gasteiger partial charge in [-0.2, -0.15) is 0 Å². The van der Waals surface area contributed by atoms with Crippen molar-refractivity contribution >= 4 is 11.9 Å². The second kappa shape index (κ2) is 7.24. The second-order valence-corrected chi connectivity index (χ2v) is 8.14. The molecule has 0 amide bonds. The molecule has 3 aliphatic heterocycles. The lowest BCUT2D eigenvalue weighted by Crippen LogP contribution is -2.41. The summed E-state index contributed by atoms with van der Waals surface area (Å²) in [6, 6.07) is -0.709. The molecule has 0 N–H and O–H groups in total. The summed E-state index contributed by atoms with van der Waals surface area (Å²) >= 11 is 0. The van der Waals surface area contributed by atoms with Gasteiger partial charge in [0.1, 0.15) is 24.4 Å². The molecule has 0 aromatic carbocycles. The van der Waals surface area contributed by atoms with Crippen LogP contribution in [0.4, 0.5) is 0 Å². The summed E-state index contributed by atoms with van der Waals surface area (Å²) in [4.78, 5) is 24.7. The number of hydrogen-bond acceptors (Lipinski definition) is 11. The second-order valence-electron chi connectivity index (χ2n) is 8.14. The van der Waals surface area contributed by atoms with E-state index in [-0.39, 0.29) is 18.0 Å². The monoisotopic (exact) mass is 427 g/mol. The van der Waals surface area contributed by atoms with E-state index in [1.807, 2.05) is 0 Å². The quantitative estimate of drug-likeness (QED) is 0.620. The van der Waals surface area contributed by atoms with E-state index in [1.165, 1.54) is 18.9 Å². The molecule has 1 aromatic heterocycles. The van der Waals surface area contributed by atoms with E-state index in [0.717, 1.165) is 0 Å². The highest BCUT2D eigenvalue weighted by Crippen LogP contribution is 2.46. The molecule has 0 aliphatic carbocycles. The van der Waals surface area contributed by atoms with Crippen molar-refractivity contribution in [3.63, 3.8) is 0 Å². The van der Waals surface area contributed by atoms with Gasteiger partial charge >= 0.3 is 11.9 Å². The lowest BCUT2D eigenvalue weighted by molar-refractivity contribution is -0.226. The molecule has 30 heavy (non-hydrogen) atoms. The van der Waals surface area contributed by atoms with Crippen molar-refractivity contribution < 1.29 is 42.7 Å². The van der Waals surface area contributed by atoms with Crippen molar-refractivity contribution in [2.24, 2.45) is 0 Å². The summed E-state index contributed by atoms with van der Waals surface area (Å²) in [7, 11) is 2.38. The van der Waals surface area contributed by atoms with Crippen LogP contribution in [0.1, 0.15) is 54.7 Å². The minimum atomic E-state index is -0.915. The number of aromatic nitrogens is 3. The summed E-state index contributed by atoms with van der Waals surface area (Å²) in [5, 5.41) is 7.91. The largest absolute Gasteiger partial charge is 0.464 e. The highest BCUT2D eigenvalue weighted by Gasteiger charge is 2.60. The maximum Gasteiger partial charge on any atom is 0.361 e. The molecular weight excluding hydrogens is 402 g/mol. The number of hydrogen-bond donors (Lipinski definition) is 0. The number of carbonyl (C=O) groups is 2. The van der Waals surface area contributed by atoms with Crippen molar-refractivity contribution in [1.29, 1.82) is 0 Å². The molecule has 1 aromatic rings. The van der Waals surface area contributed by atoms with Crippen LogP contribution in [0.3, 0.4) is 0 Å². The van der Waals surface area contributed by atoms with Gasteiger partial charge in [-0.1, -0.05) is 5.21 Å². The fraction of sp³-hybridized carbons (Fsp3) is 0.778. The molecule has 3 fully saturated rings. The van der Waals surface area contributed by atoms with Crippen molar-refractivity contribution in [3.8, 4) is 0 Å². The molecule has 166 valence electrons. The Kier molecular flexibility index (Phi) is 5.10. The predicted octanol–water partition coefficient (Wildman–Crippen LogP) is 0.420. The van der Waals surface area contributed by atoms with Gasteiger partial charge in [0.2, 0.25) is 5.69 Å². The Morgan fingerprint density at radius 1 is 1.00 bits per heavy atom. The van der Waals surface area contributed by atoms with Crippen LogP contribution in [-0.2, 0) is 33.2 Å². The summed E-state index contributed by atoms with van der Waals surface area (Å²) < 4.78 is 40.5. The molecule has 0 spiro atoms. The van der Waals surface area contributed by atoms with Gasteiger partial charge in [-0.05, 0) is 27.7 Å². The average Bonchev–Trinajstić information content (AvgIpc) is 3.40. The molecule has 0 unspecified atom stereocenters. The van der Waals surface area contributed by atoms with Gasteiger partial charge in [0.05, 0.1) is 20.8 Å². The van der Waals surface area contributed by atoms with Crippen molar-refractivity contribution in [1.82, 2.24) is 15.0 Å². The number of nitrogens with zero attached hydrogens (tertiary/aromatic N) is 3. The van der Waals surface area contributed by atoms with Crippen LogP contribution in [0.25, 0.3) is 0 Å². The Morgan fingerprint density at radius 2 is 1.70 bits per heavy atom. The van der Waals surface area contributed by atoms with E-state index in [4.69, 9.17) is 33.2 Å². The van der Waals surface area contributed by atoms with Crippen molar-refractivity contribution in [2.45, 2.75) is 69.9 Å². The smallest absolute Gasteiger partial charge is 0.361 e. The molecule has 0 radical (unpaired) electrons. The van der Waals surface area contributed by atoms with E-state index in [0.29, 0.717) is 0 Å². The van der Waals surface area contributed by atoms with Crippen LogP contribution < -0.4 is 0 Å². The molecule has 5 atom stereocenters. The lowest BCUT2D eigenvalue weighted by Gasteiger charge is -2.29. The third-order valence-corrected chi connectivity index (χ3v) is 5.18. The SMILES string of the molecule is COC(=O)c1nnn([C@@H]2[C@H]3OC(C)(C)O[C@H]3O[C@@H]2[C@H]2COC(C)(C)O2)c1C(=O)OC. The van der Waals surface area contributed by atoms with E-state index in [2.05, 4.69) is 10.3 Å².